The van der Waals surface area contributed by atoms with Crippen LogP contribution in [0.3, 0.4) is 0 Å². The Bertz CT molecular complexity index is 826. The highest BCUT2D eigenvalue weighted by molar-refractivity contribution is 5.98. The molecule has 6 heteroatoms. The van der Waals surface area contributed by atoms with E-state index in [1.807, 2.05) is 23.1 Å². The van der Waals surface area contributed by atoms with Crippen LogP contribution < -0.4 is 9.47 Å². The van der Waals surface area contributed by atoms with Gasteiger partial charge in [0.15, 0.2) is 11.5 Å². The van der Waals surface area contributed by atoms with E-state index in [2.05, 4.69) is 25.5 Å². The van der Waals surface area contributed by atoms with Gasteiger partial charge in [-0.2, -0.15) is 0 Å². The van der Waals surface area contributed by atoms with Gasteiger partial charge in [0.25, 0.3) is 5.91 Å². The molecule has 0 bridgehead atoms. The third-order valence-electron chi connectivity index (χ3n) is 4.89. The van der Waals surface area contributed by atoms with Crippen LogP contribution in [0.2, 0.25) is 0 Å². The van der Waals surface area contributed by atoms with E-state index in [1.165, 1.54) is 5.69 Å². The number of benzene rings is 1. The Kier molecular flexibility index (Phi) is 3.90. The van der Waals surface area contributed by atoms with E-state index in [4.69, 9.17) is 14.5 Å². The summed E-state index contributed by atoms with van der Waals surface area (Å²) in [6.07, 6.45) is 0.823. The first-order valence-electron chi connectivity index (χ1n) is 8.78. The van der Waals surface area contributed by atoms with Gasteiger partial charge in [0.1, 0.15) is 19.0 Å². The number of carbonyl (C=O) groups excluding carboxylic acids is 1. The minimum atomic E-state index is -0.0234. The standard InChI is InChI=1S/C19H23N3O3/c1-12(2)18-20-14-11-22(8-7-15(14)21(18)3)19(23)13-5-4-6-16-17(13)25-10-9-24-16/h4-6,12H,7-11H2,1-3H3. The van der Waals surface area contributed by atoms with Gasteiger partial charge in [-0.3, -0.25) is 4.79 Å². The van der Waals surface area contributed by atoms with Crippen molar-refractivity contribution in [3.05, 3.63) is 41.0 Å². The number of amides is 1. The number of rotatable bonds is 2. The van der Waals surface area contributed by atoms with Crippen molar-refractivity contribution in [1.29, 1.82) is 0 Å². The summed E-state index contributed by atoms with van der Waals surface area (Å²) in [5, 5.41) is 0. The van der Waals surface area contributed by atoms with Gasteiger partial charge in [-0.05, 0) is 12.1 Å². The first kappa shape index (κ1) is 16.0. The number of fused-ring (bicyclic) bond motifs is 2. The molecule has 0 radical (unpaired) electrons. The van der Waals surface area contributed by atoms with Crippen LogP contribution in [0.25, 0.3) is 0 Å². The zero-order valence-electron chi connectivity index (χ0n) is 14.9. The van der Waals surface area contributed by atoms with E-state index in [0.717, 1.165) is 17.9 Å². The van der Waals surface area contributed by atoms with Crippen LogP contribution in [-0.2, 0) is 20.0 Å². The van der Waals surface area contributed by atoms with Crippen molar-refractivity contribution < 1.29 is 14.3 Å². The second-order valence-corrected chi connectivity index (χ2v) is 6.88. The zero-order chi connectivity index (χ0) is 17.6. The fourth-order valence-electron chi connectivity index (χ4n) is 3.65. The zero-order valence-corrected chi connectivity index (χ0v) is 14.9. The summed E-state index contributed by atoms with van der Waals surface area (Å²) < 4.78 is 13.5. The molecule has 2 aliphatic heterocycles. The minimum Gasteiger partial charge on any atom is -0.486 e. The summed E-state index contributed by atoms with van der Waals surface area (Å²) >= 11 is 0. The molecule has 4 rings (SSSR count). The van der Waals surface area contributed by atoms with Crippen molar-refractivity contribution in [2.75, 3.05) is 19.8 Å². The van der Waals surface area contributed by atoms with Gasteiger partial charge in [-0.25, -0.2) is 4.98 Å². The quantitative estimate of drug-likeness (QED) is 0.842. The first-order chi connectivity index (χ1) is 12.1. The summed E-state index contributed by atoms with van der Waals surface area (Å²) in [6, 6.07) is 5.49. The molecule has 0 saturated carbocycles. The topological polar surface area (TPSA) is 56.6 Å². The van der Waals surface area contributed by atoms with Gasteiger partial charge in [-0.15, -0.1) is 0 Å². The molecule has 0 fully saturated rings. The summed E-state index contributed by atoms with van der Waals surface area (Å²) in [5.74, 6) is 2.63. The maximum Gasteiger partial charge on any atom is 0.258 e. The van der Waals surface area contributed by atoms with Crippen molar-refractivity contribution in [2.45, 2.75) is 32.7 Å². The average Bonchev–Trinajstić information content (AvgIpc) is 2.97. The lowest BCUT2D eigenvalue weighted by Gasteiger charge is -2.28. The van der Waals surface area contributed by atoms with Crippen LogP contribution in [0.1, 0.15) is 47.3 Å². The first-order valence-corrected chi connectivity index (χ1v) is 8.78. The fraction of sp³-hybridized carbons (Fsp3) is 0.474. The van der Waals surface area contributed by atoms with Crippen LogP contribution in [0, 0.1) is 0 Å². The van der Waals surface area contributed by atoms with E-state index < -0.39 is 0 Å². The van der Waals surface area contributed by atoms with Crippen molar-refractivity contribution >= 4 is 5.91 Å². The molecule has 2 aliphatic rings. The lowest BCUT2D eigenvalue weighted by Crippen LogP contribution is -2.37. The maximum absolute atomic E-state index is 13.1. The minimum absolute atomic E-state index is 0.0234. The van der Waals surface area contributed by atoms with E-state index in [-0.39, 0.29) is 5.91 Å². The Morgan fingerprint density at radius 3 is 2.84 bits per heavy atom. The van der Waals surface area contributed by atoms with Crippen molar-refractivity contribution in [1.82, 2.24) is 14.5 Å². The van der Waals surface area contributed by atoms with Crippen LogP contribution in [0.15, 0.2) is 18.2 Å². The van der Waals surface area contributed by atoms with E-state index in [9.17, 15) is 4.79 Å². The number of nitrogens with zero attached hydrogens (tertiary/aromatic N) is 3. The van der Waals surface area contributed by atoms with Gasteiger partial charge in [0.2, 0.25) is 0 Å². The maximum atomic E-state index is 13.1. The third-order valence-corrected chi connectivity index (χ3v) is 4.89. The molecule has 3 heterocycles. The summed E-state index contributed by atoms with van der Waals surface area (Å²) in [4.78, 5) is 19.7. The molecule has 6 nitrogen and oxygen atoms in total. The monoisotopic (exact) mass is 341 g/mol. The lowest BCUT2D eigenvalue weighted by molar-refractivity contribution is 0.0720. The number of aromatic nitrogens is 2. The highest BCUT2D eigenvalue weighted by atomic mass is 16.6. The molecular weight excluding hydrogens is 318 g/mol. The molecule has 1 aromatic carbocycles. The van der Waals surface area contributed by atoms with Gasteiger partial charge < -0.3 is 18.9 Å². The van der Waals surface area contributed by atoms with Crippen molar-refractivity contribution in [3.63, 3.8) is 0 Å². The predicted octanol–water partition coefficient (Wildman–Crippen LogP) is 2.51. The number of carbonyl (C=O) groups is 1. The summed E-state index contributed by atoms with van der Waals surface area (Å²) in [7, 11) is 2.07. The Labute approximate surface area is 147 Å². The number of hydrogen-bond donors (Lipinski definition) is 0. The van der Waals surface area contributed by atoms with Gasteiger partial charge >= 0.3 is 0 Å². The molecule has 1 amide bonds. The molecular formula is C19H23N3O3. The largest absolute Gasteiger partial charge is 0.486 e. The lowest BCUT2D eigenvalue weighted by atomic mass is 10.1. The number of ether oxygens (including phenoxy) is 2. The van der Waals surface area contributed by atoms with Gasteiger partial charge in [0.05, 0.1) is 17.8 Å². The molecule has 132 valence electrons. The fourth-order valence-corrected chi connectivity index (χ4v) is 3.65. The third kappa shape index (κ3) is 2.65. The van der Waals surface area contributed by atoms with Crippen LogP contribution >= 0.6 is 0 Å². The average molecular weight is 341 g/mol. The van der Waals surface area contributed by atoms with Crippen molar-refractivity contribution in [2.24, 2.45) is 7.05 Å². The number of imidazole rings is 1. The van der Waals surface area contributed by atoms with E-state index >= 15 is 0 Å². The number of hydrogen-bond acceptors (Lipinski definition) is 4. The van der Waals surface area contributed by atoms with Crippen molar-refractivity contribution in [3.8, 4) is 11.5 Å². The Hall–Kier alpha value is -2.50. The molecule has 0 spiro atoms. The molecule has 0 N–H and O–H groups in total. The number of para-hydroxylation sites is 1. The van der Waals surface area contributed by atoms with Gasteiger partial charge in [0, 0.05) is 31.6 Å². The molecule has 1 aromatic heterocycles. The van der Waals surface area contributed by atoms with Crippen LogP contribution in [0.4, 0.5) is 0 Å². The summed E-state index contributed by atoms with van der Waals surface area (Å²) in [5.41, 5.74) is 2.82. The summed E-state index contributed by atoms with van der Waals surface area (Å²) in [6.45, 7) is 6.50. The molecule has 2 aromatic rings. The molecule has 25 heavy (non-hydrogen) atoms. The Balaban J connectivity index is 1.62. The van der Waals surface area contributed by atoms with Crippen LogP contribution in [0.5, 0.6) is 11.5 Å². The molecule has 0 atom stereocenters. The van der Waals surface area contributed by atoms with Gasteiger partial charge in [-0.1, -0.05) is 19.9 Å². The Morgan fingerprint density at radius 2 is 2.04 bits per heavy atom. The second kappa shape index (κ2) is 6.10. The SMILES string of the molecule is CC(C)c1nc2c(n1C)CCN(C(=O)c1cccc3c1OCCO3)C2. The smallest absolute Gasteiger partial charge is 0.258 e. The normalized spacial score (nSPS) is 16.1. The van der Waals surface area contributed by atoms with E-state index in [1.54, 1.807) is 0 Å². The molecule has 0 saturated heterocycles. The predicted molar refractivity (Wildman–Crippen MR) is 93.2 cm³/mol. The second-order valence-electron chi connectivity index (χ2n) is 6.88. The Morgan fingerprint density at radius 1 is 1.24 bits per heavy atom. The van der Waals surface area contributed by atoms with Crippen LogP contribution in [-0.4, -0.2) is 40.1 Å². The molecule has 0 unspecified atom stereocenters. The molecule has 0 aliphatic carbocycles. The van der Waals surface area contributed by atoms with E-state index in [0.29, 0.717) is 49.3 Å². The highest BCUT2D eigenvalue weighted by Gasteiger charge is 2.29. The highest BCUT2D eigenvalue weighted by Crippen LogP contribution is 2.35.